The zero-order valence-electron chi connectivity index (χ0n) is 15.5. The number of nitrogens with zero attached hydrogens (tertiary/aromatic N) is 2. The number of piperidine rings is 1. The topological polar surface area (TPSA) is 75.5 Å². The van der Waals surface area contributed by atoms with Gasteiger partial charge in [0.05, 0.1) is 17.4 Å². The fraction of sp³-hybridized carbons (Fsp3) is 0.450. The zero-order chi connectivity index (χ0) is 19.2. The molecule has 0 saturated carbocycles. The van der Waals surface area contributed by atoms with Crippen LogP contribution in [-0.4, -0.2) is 35.4 Å². The van der Waals surface area contributed by atoms with E-state index in [0.717, 1.165) is 24.6 Å². The third-order valence-corrected chi connectivity index (χ3v) is 6.11. The van der Waals surface area contributed by atoms with E-state index in [4.69, 9.17) is 0 Å². The lowest BCUT2D eigenvalue weighted by Gasteiger charge is -2.36. The largest absolute Gasteiger partial charge is 0.354 e. The quantitative estimate of drug-likeness (QED) is 0.579. The SMILES string of the molecule is CC1CCN(C(CNC(=O)Cc2ccc([N+](=O)[O-])cc2)c2cccs2)CC1. The number of hydrogen-bond donors (Lipinski definition) is 1. The van der Waals surface area contributed by atoms with Crippen molar-refractivity contribution in [2.45, 2.75) is 32.2 Å². The molecule has 27 heavy (non-hydrogen) atoms. The standard InChI is InChI=1S/C20H25N3O3S/c1-15-8-10-22(11-9-15)18(19-3-2-12-27-19)14-21-20(24)13-16-4-6-17(7-5-16)23(25)26/h2-7,12,15,18H,8-11,13-14H2,1H3,(H,21,24). The van der Waals surface area contributed by atoms with Crippen LogP contribution in [0.5, 0.6) is 0 Å². The second kappa shape index (κ2) is 9.10. The number of likely N-dealkylation sites (tertiary alicyclic amines) is 1. The molecule has 0 aliphatic carbocycles. The van der Waals surface area contributed by atoms with Crippen molar-refractivity contribution in [3.8, 4) is 0 Å². The first-order valence-electron chi connectivity index (χ1n) is 9.30. The maximum Gasteiger partial charge on any atom is 0.269 e. The molecule has 0 spiro atoms. The van der Waals surface area contributed by atoms with Gasteiger partial charge in [-0.2, -0.15) is 0 Å². The van der Waals surface area contributed by atoms with Crippen molar-refractivity contribution < 1.29 is 9.72 Å². The van der Waals surface area contributed by atoms with Gasteiger partial charge in [-0.15, -0.1) is 11.3 Å². The van der Waals surface area contributed by atoms with Gasteiger partial charge in [0.1, 0.15) is 0 Å². The number of nitro benzene ring substituents is 1. The number of nitrogens with one attached hydrogen (secondary N) is 1. The summed E-state index contributed by atoms with van der Waals surface area (Å²) in [6, 6.07) is 10.5. The Labute approximate surface area is 163 Å². The van der Waals surface area contributed by atoms with Crippen molar-refractivity contribution in [1.82, 2.24) is 10.2 Å². The van der Waals surface area contributed by atoms with E-state index in [-0.39, 0.29) is 24.1 Å². The van der Waals surface area contributed by atoms with Crippen LogP contribution in [0.4, 0.5) is 5.69 Å². The molecule has 2 heterocycles. The summed E-state index contributed by atoms with van der Waals surface area (Å²) in [5.41, 5.74) is 0.814. The molecule has 6 nitrogen and oxygen atoms in total. The van der Waals surface area contributed by atoms with Gasteiger partial charge < -0.3 is 5.32 Å². The molecule has 1 atom stereocenters. The van der Waals surface area contributed by atoms with Crippen molar-refractivity contribution in [1.29, 1.82) is 0 Å². The monoisotopic (exact) mass is 387 g/mol. The summed E-state index contributed by atoms with van der Waals surface area (Å²) >= 11 is 1.73. The molecule has 1 saturated heterocycles. The third-order valence-electron chi connectivity index (χ3n) is 5.14. The summed E-state index contributed by atoms with van der Waals surface area (Å²) in [6.45, 7) is 4.99. The first-order chi connectivity index (χ1) is 13.0. The van der Waals surface area contributed by atoms with Crippen LogP contribution in [0.3, 0.4) is 0 Å². The number of hydrogen-bond acceptors (Lipinski definition) is 5. The second-order valence-corrected chi connectivity index (χ2v) is 8.13. The number of benzene rings is 1. The van der Waals surface area contributed by atoms with Gasteiger partial charge in [-0.1, -0.05) is 25.1 Å². The lowest BCUT2D eigenvalue weighted by atomic mass is 9.97. The maximum absolute atomic E-state index is 12.4. The highest BCUT2D eigenvalue weighted by Crippen LogP contribution is 2.29. The number of rotatable bonds is 7. The van der Waals surface area contributed by atoms with Crippen LogP contribution in [-0.2, 0) is 11.2 Å². The van der Waals surface area contributed by atoms with E-state index in [1.165, 1.54) is 29.9 Å². The molecular formula is C20H25N3O3S. The number of nitro groups is 1. The molecule has 1 unspecified atom stereocenters. The van der Waals surface area contributed by atoms with E-state index >= 15 is 0 Å². The van der Waals surface area contributed by atoms with E-state index in [0.29, 0.717) is 6.54 Å². The van der Waals surface area contributed by atoms with E-state index < -0.39 is 4.92 Å². The smallest absolute Gasteiger partial charge is 0.269 e. The lowest BCUT2D eigenvalue weighted by molar-refractivity contribution is -0.384. The van der Waals surface area contributed by atoms with Crippen LogP contribution in [0.15, 0.2) is 41.8 Å². The number of carbonyl (C=O) groups is 1. The van der Waals surface area contributed by atoms with Crippen molar-refractivity contribution in [2.24, 2.45) is 5.92 Å². The van der Waals surface area contributed by atoms with Gasteiger partial charge in [-0.05, 0) is 48.9 Å². The number of thiophene rings is 1. The Kier molecular flexibility index (Phi) is 6.58. The summed E-state index contributed by atoms with van der Waals surface area (Å²) in [5.74, 6) is 0.706. The number of non-ortho nitro benzene ring substituents is 1. The van der Waals surface area contributed by atoms with Crippen molar-refractivity contribution in [3.05, 3.63) is 62.3 Å². The summed E-state index contributed by atoms with van der Waals surface area (Å²) in [5, 5.41) is 15.9. The Morgan fingerprint density at radius 3 is 2.59 bits per heavy atom. The van der Waals surface area contributed by atoms with Gasteiger partial charge in [-0.25, -0.2) is 0 Å². The zero-order valence-corrected chi connectivity index (χ0v) is 16.3. The summed E-state index contributed by atoms with van der Waals surface area (Å²) in [7, 11) is 0. The molecule has 1 aromatic carbocycles. The molecule has 2 aromatic rings. The average molecular weight is 388 g/mol. The summed E-state index contributed by atoms with van der Waals surface area (Å²) < 4.78 is 0. The molecule has 1 aromatic heterocycles. The molecule has 0 radical (unpaired) electrons. The fourth-order valence-corrected chi connectivity index (χ4v) is 4.29. The average Bonchev–Trinajstić information content (AvgIpc) is 3.18. The molecule has 3 rings (SSSR count). The Balaban J connectivity index is 1.58. The lowest BCUT2D eigenvalue weighted by Crippen LogP contribution is -2.41. The highest BCUT2D eigenvalue weighted by molar-refractivity contribution is 7.10. The van der Waals surface area contributed by atoms with Crippen LogP contribution in [0, 0.1) is 16.0 Å². The number of carbonyl (C=O) groups excluding carboxylic acids is 1. The Hall–Kier alpha value is -2.25. The molecule has 144 valence electrons. The first kappa shape index (κ1) is 19.5. The van der Waals surface area contributed by atoms with E-state index in [9.17, 15) is 14.9 Å². The van der Waals surface area contributed by atoms with Crippen molar-refractivity contribution in [3.63, 3.8) is 0 Å². The molecule has 1 aliphatic rings. The molecule has 1 fully saturated rings. The van der Waals surface area contributed by atoms with Crippen molar-refractivity contribution in [2.75, 3.05) is 19.6 Å². The molecular weight excluding hydrogens is 362 g/mol. The highest BCUT2D eigenvalue weighted by Gasteiger charge is 2.25. The predicted octanol–water partition coefficient (Wildman–Crippen LogP) is 3.79. The fourth-order valence-electron chi connectivity index (χ4n) is 3.42. The van der Waals surface area contributed by atoms with Crippen LogP contribution in [0.25, 0.3) is 0 Å². The molecule has 7 heteroatoms. The van der Waals surface area contributed by atoms with Gasteiger partial charge in [0.25, 0.3) is 5.69 Å². The minimum Gasteiger partial charge on any atom is -0.354 e. The van der Waals surface area contributed by atoms with Crippen molar-refractivity contribution >= 4 is 22.9 Å². The van der Waals surface area contributed by atoms with Crippen LogP contribution >= 0.6 is 11.3 Å². The number of amides is 1. The molecule has 0 bridgehead atoms. The Morgan fingerprint density at radius 1 is 1.30 bits per heavy atom. The van der Waals surface area contributed by atoms with E-state index in [1.807, 2.05) is 0 Å². The van der Waals surface area contributed by atoms with Gasteiger partial charge in [0, 0.05) is 23.6 Å². The summed E-state index contributed by atoms with van der Waals surface area (Å²) in [4.78, 5) is 26.4. The van der Waals surface area contributed by atoms with Gasteiger partial charge >= 0.3 is 0 Å². The minimum absolute atomic E-state index is 0.0382. The Morgan fingerprint density at radius 2 is 2.00 bits per heavy atom. The van der Waals surface area contributed by atoms with Crippen LogP contribution in [0.1, 0.15) is 36.2 Å². The van der Waals surface area contributed by atoms with E-state index in [2.05, 4.69) is 34.7 Å². The molecule has 1 N–H and O–H groups in total. The normalized spacial score (nSPS) is 16.8. The summed E-state index contributed by atoms with van der Waals surface area (Å²) in [6.07, 6.45) is 2.61. The molecule has 1 aliphatic heterocycles. The maximum atomic E-state index is 12.4. The van der Waals surface area contributed by atoms with Crippen LogP contribution < -0.4 is 5.32 Å². The molecule has 1 amide bonds. The second-order valence-electron chi connectivity index (χ2n) is 7.15. The highest BCUT2D eigenvalue weighted by atomic mass is 32.1. The Bertz CT molecular complexity index is 753. The van der Waals surface area contributed by atoms with Gasteiger partial charge in [0.2, 0.25) is 5.91 Å². The minimum atomic E-state index is -0.436. The van der Waals surface area contributed by atoms with E-state index in [1.54, 1.807) is 23.5 Å². The van der Waals surface area contributed by atoms with Crippen LogP contribution in [0.2, 0.25) is 0 Å². The predicted molar refractivity (Wildman–Crippen MR) is 107 cm³/mol. The first-order valence-corrected chi connectivity index (χ1v) is 10.2. The van der Waals surface area contributed by atoms with Gasteiger partial charge in [-0.3, -0.25) is 19.8 Å². The van der Waals surface area contributed by atoms with Gasteiger partial charge in [0.15, 0.2) is 0 Å². The third kappa shape index (κ3) is 5.37.